The van der Waals surface area contributed by atoms with Gasteiger partial charge in [-0.3, -0.25) is 14.2 Å². The first-order valence-corrected chi connectivity index (χ1v) is 11.0. The molecule has 4 aromatic rings. The lowest BCUT2D eigenvalue weighted by molar-refractivity contribution is 0.0950. The maximum atomic E-state index is 13.0. The molecule has 2 N–H and O–H groups in total. The molecule has 0 radical (unpaired) electrons. The number of nitrogens with one attached hydrogen (secondary N) is 1. The first kappa shape index (κ1) is 22.7. The number of amides is 1. The van der Waals surface area contributed by atoms with E-state index in [4.69, 9.17) is 27.9 Å². The molecule has 8 heteroatoms. The van der Waals surface area contributed by atoms with Crippen LogP contribution in [0.25, 0.3) is 16.6 Å². The molecule has 0 spiro atoms. The van der Waals surface area contributed by atoms with Gasteiger partial charge < -0.3 is 15.2 Å². The summed E-state index contributed by atoms with van der Waals surface area (Å²) in [5, 5.41) is 14.7. The smallest absolute Gasteiger partial charge is 0.298 e. The predicted molar refractivity (Wildman–Crippen MR) is 130 cm³/mol. The Labute approximate surface area is 200 Å². The van der Waals surface area contributed by atoms with Crippen molar-refractivity contribution < 1.29 is 14.6 Å². The molecular formula is C25H20Cl2N2O4. The van der Waals surface area contributed by atoms with Crippen molar-refractivity contribution >= 4 is 40.0 Å². The maximum Gasteiger partial charge on any atom is 0.298 e. The summed E-state index contributed by atoms with van der Waals surface area (Å²) in [5.41, 5.74) is 0.393. The van der Waals surface area contributed by atoms with Gasteiger partial charge >= 0.3 is 0 Å². The van der Waals surface area contributed by atoms with Gasteiger partial charge in [-0.15, -0.1) is 0 Å². The third kappa shape index (κ3) is 4.67. The van der Waals surface area contributed by atoms with Crippen LogP contribution < -0.4 is 15.6 Å². The maximum absolute atomic E-state index is 13.0. The van der Waals surface area contributed by atoms with Crippen molar-refractivity contribution in [3.8, 4) is 17.2 Å². The number of aromatic hydroxyl groups is 1. The van der Waals surface area contributed by atoms with Gasteiger partial charge in [0.25, 0.3) is 11.5 Å². The number of carbonyl (C=O) groups excluding carboxylic acids is 1. The molecule has 0 aliphatic carbocycles. The van der Waals surface area contributed by atoms with Crippen LogP contribution in [0.5, 0.6) is 11.5 Å². The summed E-state index contributed by atoms with van der Waals surface area (Å²) < 4.78 is 7.01. The molecule has 3 aromatic carbocycles. The molecule has 0 saturated heterocycles. The van der Waals surface area contributed by atoms with Gasteiger partial charge in [0, 0.05) is 17.6 Å². The molecule has 0 aliphatic rings. The number of carbonyl (C=O) groups is 1. The van der Waals surface area contributed by atoms with E-state index in [0.717, 1.165) is 0 Å². The Morgan fingerprint density at radius 2 is 1.61 bits per heavy atom. The number of para-hydroxylation sites is 3. The summed E-state index contributed by atoms with van der Waals surface area (Å²) in [4.78, 5) is 25.9. The van der Waals surface area contributed by atoms with Crippen molar-refractivity contribution in [1.82, 2.24) is 9.88 Å². The van der Waals surface area contributed by atoms with Gasteiger partial charge in [-0.1, -0.05) is 65.7 Å². The van der Waals surface area contributed by atoms with E-state index in [0.29, 0.717) is 38.8 Å². The van der Waals surface area contributed by atoms with Crippen LogP contribution in [0.15, 0.2) is 77.6 Å². The van der Waals surface area contributed by atoms with Crippen LogP contribution >= 0.6 is 23.2 Å². The number of hydrogen-bond donors (Lipinski definition) is 2. The third-order valence-electron chi connectivity index (χ3n) is 5.07. The van der Waals surface area contributed by atoms with Crippen LogP contribution in [-0.2, 0) is 0 Å². The number of rotatable bonds is 7. The second-order valence-electron chi connectivity index (χ2n) is 7.23. The minimum atomic E-state index is -0.665. The Bertz CT molecular complexity index is 1350. The van der Waals surface area contributed by atoms with E-state index in [1.807, 2.05) is 6.07 Å². The van der Waals surface area contributed by atoms with Gasteiger partial charge in [0.15, 0.2) is 11.5 Å². The highest BCUT2D eigenvalue weighted by Crippen LogP contribution is 2.32. The Balaban J connectivity index is 1.53. The van der Waals surface area contributed by atoms with Crippen molar-refractivity contribution in [2.24, 2.45) is 0 Å². The summed E-state index contributed by atoms with van der Waals surface area (Å²) in [6, 6.07) is 21.0. The molecule has 168 valence electrons. The Kier molecular flexibility index (Phi) is 6.87. The van der Waals surface area contributed by atoms with E-state index in [2.05, 4.69) is 5.32 Å². The summed E-state index contributed by atoms with van der Waals surface area (Å²) in [6.45, 7) is 0.530. The molecule has 4 rings (SSSR count). The van der Waals surface area contributed by atoms with Crippen LogP contribution in [0.4, 0.5) is 0 Å². The summed E-state index contributed by atoms with van der Waals surface area (Å²) in [5.74, 6) is -0.758. The van der Waals surface area contributed by atoms with Crippen molar-refractivity contribution in [3.05, 3.63) is 98.8 Å². The van der Waals surface area contributed by atoms with E-state index in [-0.39, 0.29) is 18.7 Å². The molecule has 33 heavy (non-hydrogen) atoms. The molecule has 0 fully saturated rings. The molecule has 6 nitrogen and oxygen atoms in total. The van der Waals surface area contributed by atoms with Crippen molar-refractivity contribution in [3.63, 3.8) is 0 Å². The van der Waals surface area contributed by atoms with Crippen LogP contribution in [-0.4, -0.2) is 28.7 Å². The number of fused-ring (bicyclic) bond motifs is 1. The van der Waals surface area contributed by atoms with E-state index in [9.17, 15) is 14.7 Å². The number of benzene rings is 3. The van der Waals surface area contributed by atoms with E-state index in [1.54, 1.807) is 66.7 Å². The van der Waals surface area contributed by atoms with Gasteiger partial charge in [-0.05, 0) is 36.8 Å². The fourth-order valence-electron chi connectivity index (χ4n) is 3.55. The number of hydrogen-bond acceptors (Lipinski definition) is 4. The number of nitrogens with zero attached hydrogens (tertiary/aromatic N) is 1. The van der Waals surface area contributed by atoms with E-state index >= 15 is 0 Å². The Morgan fingerprint density at radius 1 is 0.939 bits per heavy atom. The third-order valence-corrected chi connectivity index (χ3v) is 5.67. The SMILES string of the molecule is O=C(NCCCOc1c(Cl)cccc1Cl)c1c(O)c(=O)n(-c2ccccc2)c2ccccc12. The number of ether oxygens (including phenoxy) is 1. The van der Waals surface area contributed by atoms with E-state index in [1.165, 1.54) is 4.57 Å². The second-order valence-corrected chi connectivity index (χ2v) is 8.04. The van der Waals surface area contributed by atoms with Crippen LogP contribution in [0.3, 0.4) is 0 Å². The summed E-state index contributed by atoms with van der Waals surface area (Å²) >= 11 is 12.2. The number of pyridine rings is 1. The minimum absolute atomic E-state index is 0.0575. The van der Waals surface area contributed by atoms with Gasteiger partial charge in [0.05, 0.1) is 27.7 Å². The molecule has 0 bridgehead atoms. The van der Waals surface area contributed by atoms with Gasteiger partial charge in [0.1, 0.15) is 0 Å². The zero-order chi connectivity index (χ0) is 23.4. The Hall–Kier alpha value is -3.48. The fourth-order valence-corrected chi connectivity index (χ4v) is 4.06. The normalized spacial score (nSPS) is 10.8. The molecule has 0 unspecified atom stereocenters. The zero-order valence-electron chi connectivity index (χ0n) is 17.4. The van der Waals surface area contributed by atoms with Gasteiger partial charge in [-0.2, -0.15) is 0 Å². The monoisotopic (exact) mass is 482 g/mol. The first-order chi connectivity index (χ1) is 16.0. The molecule has 1 amide bonds. The number of halogens is 2. The summed E-state index contributed by atoms with van der Waals surface area (Å²) in [6.07, 6.45) is 0.465. The molecule has 0 saturated carbocycles. The lowest BCUT2D eigenvalue weighted by Crippen LogP contribution is -2.29. The van der Waals surface area contributed by atoms with Gasteiger partial charge in [-0.25, -0.2) is 0 Å². The van der Waals surface area contributed by atoms with Crippen molar-refractivity contribution in [2.75, 3.05) is 13.2 Å². The summed E-state index contributed by atoms with van der Waals surface area (Å²) in [7, 11) is 0. The zero-order valence-corrected chi connectivity index (χ0v) is 18.9. The lowest BCUT2D eigenvalue weighted by atomic mass is 10.1. The van der Waals surface area contributed by atoms with Crippen LogP contribution in [0.2, 0.25) is 10.0 Å². The highest BCUT2D eigenvalue weighted by atomic mass is 35.5. The van der Waals surface area contributed by atoms with Crippen LogP contribution in [0.1, 0.15) is 16.8 Å². The highest BCUT2D eigenvalue weighted by molar-refractivity contribution is 6.37. The molecule has 1 heterocycles. The average Bonchev–Trinajstić information content (AvgIpc) is 2.82. The average molecular weight is 483 g/mol. The molecule has 1 aromatic heterocycles. The van der Waals surface area contributed by atoms with Crippen LogP contribution in [0, 0.1) is 0 Å². The molecular weight excluding hydrogens is 463 g/mol. The van der Waals surface area contributed by atoms with Gasteiger partial charge in [0.2, 0.25) is 0 Å². The fraction of sp³-hybridized carbons (Fsp3) is 0.120. The van der Waals surface area contributed by atoms with Crippen molar-refractivity contribution in [1.29, 1.82) is 0 Å². The Morgan fingerprint density at radius 3 is 2.33 bits per heavy atom. The highest BCUT2D eigenvalue weighted by Gasteiger charge is 2.22. The first-order valence-electron chi connectivity index (χ1n) is 10.3. The molecule has 0 aliphatic heterocycles. The quantitative estimate of drug-likeness (QED) is 0.354. The largest absolute Gasteiger partial charge is 0.502 e. The van der Waals surface area contributed by atoms with E-state index < -0.39 is 17.2 Å². The lowest BCUT2D eigenvalue weighted by Gasteiger charge is -2.15. The predicted octanol–water partition coefficient (Wildman–Crippen LogP) is 5.20. The second kappa shape index (κ2) is 9.98. The topological polar surface area (TPSA) is 80.6 Å². The minimum Gasteiger partial charge on any atom is -0.502 e. The number of aromatic nitrogens is 1. The standard InChI is InChI=1S/C25H20Cl2N2O4/c26-18-11-6-12-19(27)23(18)33-15-7-14-28-24(31)21-17-10-4-5-13-20(17)29(25(32)22(21)30)16-8-2-1-3-9-16/h1-6,8-13,30H,7,14-15H2,(H,28,31). The van der Waals surface area contributed by atoms with Crippen molar-refractivity contribution in [2.45, 2.75) is 6.42 Å². The molecule has 0 atom stereocenters.